The van der Waals surface area contributed by atoms with Crippen molar-refractivity contribution in [3.63, 3.8) is 0 Å². The summed E-state index contributed by atoms with van der Waals surface area (Å²) in [7, 11) is 1.86. The second-order valence-electron chi connectivity index (χ2n) is 7.35. The Morgan fingerprint density at radius 1 is 1.30 bits per heavy atom. The first-order valence-corrected chi connectivity index (χ1v) is 10.6. The first-order chi connectivity index (χ1) is 14.6. The van der Waals surface area contributed by atoms with E-state index in [2.05, 4.69) is 44.5 Å². The Labute approximate surface area is 177 Å². The number of aromatic nitrogens is 5. The molecule has 1 aliphatic rings. The Morgan fingerprint density at radius 2 is 2.20 bits per heavy atom. The van der Waals surface area contributed by atoms with Crippen LogP contribution in [0.2, 0.25) is 0 Å². The first kappa shape index (κ1) is 18.6. The molecule has 4 aromatic rings. The van der Waals surface area contributed by atoms with Gasteiger partial charge in [-0.2, -0.15) is 10.1 Å². The van der Waals surface area contributed by atoms with Crippen LogP contribution in [-0.4, -0.2) is 30.7 Å². The lowest BCUT2D eigenvalue weighted by Gasteiger charge is -2.04. The Balaban J connectivity index is 1.38. The smallest absolute Gasteiger partial charge is 0.254 e. The topological polar surface area (TPSA) is 86.7 Å². The maximum Gasteiger partial charge on any atom is 0.254 e. The third-order valence-electron chi connectivity index (χ3n) is 5.21. The SMILES string of the molecule is Cc1noc(C2=Cc3cc(-c4cc(C(=O)CCc5cscn5)nn4C)ccc3C2)n1. The molecule has 3 aromatic heterocycles. The van der Waals surface area contributed by atoms with Crippen LogP contribution in [0.3, 0.4) is 0 Å². The summed E-state index contributed by atoms with van der Waals surface area (Å²) in [6.45, 7) is 1.81. The largest absolute Gasteiger partial charge is 0.334 e. The number of carbonyl (C=O) groups excluding carboxylic acids is 1. The van der Waals surface area contributed by atoms with Crippen molar-refractivity contribution in [2.45, 2.75) is 26.2 Å². The van der Waals surface area contributed by atoms with E-state index < -0.39 is 0 Å². The van der Waals surface area contributed by atoms with Crippen LogP contribution in [-0.2, 0) is 19.9 Å². The van der Waals surface area contributed by atoms with Crippen molar-refractivity contribution >= 4 is 28.8 Å². The van der Waals surface area contributed by atoms with Crippen LogP contribution in [0.1, 0.15) is 45.4 Å². The molecule has 3 heterocycles. The molecule has 0 bridgehead atoms. The third-order valence-corrected chi connectivity index (χ3v) is 5.85. The predicted octanol–water partition coefficient (Wildman–Crippen LogP) is 4.15. The van der Waals surface area contributed by atoms with Crippen LogP contribution >= 0.6 is 11.3 Å². The minimum atomic E-state index is 0.0277. The maximum absolute atomic E-state index is 12.6. The highest BCUT2D eigenvalue weighted by Gasteiger charge is 2.20. The van der Waals surface area contributed by atoms with Crippen LogP contribution in [0, 0.1) is 6.92 Å². The molecule has 7 nitrogen and oxygen atoms in total. The molecule has 8 heteroatoms. The molecule has 0 saturated carbocycles. The van der Waals surface area contributed by atoms with Gasteiger partial charge in [0.15, 0.2) is 11.6 Å². The van der Waals surface area contributed by atoms with Gasteiger partial charge in [0.25, 0.3) is 5.89 Å². The molecule has 0 fully saturated rings. The molecule has 0 amide bonds. The van der Waals surface area contributed by atoms with Crippen LogP contribution in [0.15, 0.2) is 39.7 Å². The van der Waals surface area contributed by atoms with Crippen LogP contribution in [0.5, 0.6) is 0 Å². The molecule has 5 rings (SSSR count). The number of nitrogens with zero attached hydrogens (tertiary/aromatic N) is 5. The summed E-state index contributed by atoms with van der Waals surface area (Å²) in [6, 6.07) is 8.15. The highest BCUT2D eigenvalue weighted by molar-refractivity contribution is 7.07. The van der Waals surface area contributed by atoms with Crippen LogP contribution < -0.4 is 0 Å². The molecule has 1 aromatic carbocycles. The number of hydrogen-bond acceptors (Lipinski definition) is 7. The number of thiazole rings is 1. The van der Waals surface area contributed by atoms with E-state index in [0.29, 0.717) is 30.3 Å². The number of allylic oxidation sites excluding steroid dienone is 1. The van der Waals surface area contributed by atoms with Crippen molar-refractivity contribution in [3.05, 3.63) is 69.4 Å². The van der Waals surface area contributed by atoms with Gasteiger partial charge in [0, 0.05) is 36.4 Å². The summed E-state index contributed by atoms with van der Waals surface area (Å²) >= 11 is 1.54. The van der Waals surface area contributed by atoms with Gasteiger partial charge in [-0.3, -0.25) is 9.48 Å². The molecule has 0 radical (unpaired) electrons. The number of ketones is 1. The lowest BCUT2D eigenvalue weighted by atomic mass is 10.0. The molecular weight excluding hydrogens is 398 g/mol. The molecule has 0 aliphatic heterocycles. The molecule has 0 atom stereocenters. The van der Waals surface area contributed by atoms with Crippen molar-refractivity contribution in [1.29, 1.82) is 0 Å². The van der Waals surface area contributed by atoms with E-state index in [9.17, 15) is 4.79 Å². The van der Waals surface area contributed by atoms with Gasteiger partial charge in [0.2, 0.25) is 0 Å². The quantitative estimate of drug-likeness (QED) is 0.438. The second kappa shape index (κ2) is 7.46. The molecule has 0 saturated heterocycles. The Hall–Kier alpha value is -3.39. The summed E-state index contributed by atoms with van der Waals surface area (Å²) in [4.78, 5) is 21.2. The maximum atomic E-state index is 12.6. The Morgan fingerprint density at radius 3 is 2.97 bits per heavy atom. The molecule has 1 aliphatic carbocycles. The zero-order valence-electron chi connectivity index (χ0n) is 16.6. The lowest BCUT2D eigenvalue weighted by molar-refractivity contribution is 0.0977. The fraction of sp³-hybridized carbons (Fsp3) is 0.227. The number of aryl methyl sites for hydroxylation is 3. The zero-order valence-corrected chi connectivity index (χ0v) is 17.4. The monoisotopic (exact) mass is 417 g/mol. The average Bonchev–Trinajstić information content (AvgIpc) is 3.51. The van der Waals surface area contributed by atoms with E-state index in [4.69, 9.17) is 4.52 Å². The predicted molar refractivity (Wildman–Crippen MR) is 114 cm³/mol. The number of carbonyl (C=O) groups is 1. The van der Waals surface area contributed by atoms with Crippen molar-refractivity contribution in [2.75, 3.05) is 0 Å². The minimum absolute atomic E-state index is 0.0277. The minimum Gasteiger partial charge on any atom is -0.334 e. The van der Waals surface area contributed by atoms with Gasteiger partial charge in [-0.1, -0.05) is 17.3 Å². The van der Waals surface area contributed by atoms with Gasteiger partial charge in [-0.25, -0.2) is 4.98 Å². The number of Topliss-reactive ketones (excluding diaryl/α,β-unsaturated/α-hetero) is 1. The Bertz CT molecular complexity index is 1270. The third kappa shape index (κ3) is 3.50. The summed E-state index contributed by atoms with van der Waals surface area (Å²) < 4.78 is 7.07. The van der Waals surface area contributed by atoms with Gasteiger partial charge >= 0.3 is 0 Å². The van der Waals surface area contributed by atoms with Crippen LogP contribution in [0.25, 0.3) is 22.9 Å². The summed E-state index contributed by atoms with van der Waals surface area (Å²) in [5, 5.41) is 10.3. The number of rotatable bonds is 6. The average molecular weight is 417 g/mol. The fourth-order valence-electron chi connectivity index (χ4n) is 3.66. The van der Waals surface area contributed by atoms with Gasteiger partial charge in [0.05, 0.1) is 16.9 Å². The summed E-state index contributed by atoms with van der Waals surface area (Å²) in [6.07, 6.45) is 3.89. The van der Waals surface area contributed by atoms with E-state index >= 15 is 0 Å². The molecule has 30 heavy (non-hydrogen) atoms. The fourth-order valence-corrected chi connectivity index (χ4v) is 4.26. The van der Waals surface area contributed by atoms with Gasteiger partial charge in [0.1, 0.15) is 5.69 Å². The van der Waals surface area contributed by atoms with Crippen molar-refractivity contribution in [1.82, 2.24) is 24.9 Å². The van der Waals surface area contributed by atoms with E-state index in [0.717, 1.165) is 34.5 Å². The molecular formula is C22H19N5O2S. The van der Waals surface area contributed by atoms with Crippen molar-refractivity contribution < 1.29 is 9.32 Å². The number of hydrogen-bond donors (Lipinski definition) is 0. The normalized spacial score (nSPS) is 12.8. The molecule has 0 unspecified atom stereocenters. The Kier molecular flexibility index (Phi) is 4.63. The van der Waals surface area contributed by atoms with Crippen molar-refractivity contribution in [3.8, 4) is 11.3 Å². The standard InChI is InChI=1S/C22H19N5O2S/c1-13-24-22(29-26-13)17-7-14-3-4-15(8-16(14)9-17)20-10-19(25-27(20)2)21(28)6-5-18-11-30-12-23-18/h3-4,8-12H,5-7H2,1-2H3. The second-order valence-corrected chi connectivity index (χ2v) is 8.07. The van der Waals surface area contributed by atoms with Crippen molar-refractivity contribution in [2.24, 2.45) is 7.05 Å². The van der Waals surface area contributed by atoms with E-state index in [1.165, 1.54) is 5.56 Å². The van der Waals surface area contributed by atoms with E-state index in [1.54, 1.807) is 21.5 Å². The zero-order chi connectivity index (χ0) is 20.7. The van der Waals surface area contributed by atoms with Gasteiger partial charge in [-0.15, -0.1) is 11.3 Å². The van der Waals surface area contributed by atoms with Crippen LogP contribution in [0.4, 0.5) is 0 Å². The summed E-state index contributed by atoms with van der Waals surface area (Å²) in [5.41, 5.74) is 8.49. The van der Waals surface area contributed by atoms with E-state index in [1.807, 2.05) is 25.4 Å². The highest BCUT2D eigenvalue weighted by atomic mass is 32.1. The van der Waals surface area contributed by atoms with Gasteiger partial charge in [-0.05, 0) is 42.7 Å². The molecule has 0 spiro atoms. The number of fused-ring (bicyclic) bond motifs is 1. The van der Waals surface area contributed by atoms with E-state index in [-0.39, 0.29) is 5.78 Å². The number of benzene rings is 1. The van der Waals surface area contributed by atoms with Gasteiger partial charge < -0.3 is 4.52 Å². The summed E-state index contributed by atoms with van der Waals surface area (Å²) in [5.74, 6) is 1.23. The lowest BCUT2D eigenvalue weighted by Crippen LogP contribution is -2.03. The molecule has 150 valence electrons. The molecule has 0 N–H and O–H groups in total. The highest BCUT2D eigenvalue weighted by Crippen LogP contribution is 2.33. The first-order valence-electron chi connectivity index (χ1n) is 9.65.